The summed E-state index contributed by atoms with van der Waals surface area (Å²) in [6.45, 7) is 7.85. The van der Waals surface area contributed by atoms with Gasteiger partial charge in [0.15, 0.2) is 0 Å². The molecule has 0 bridgehead atoms. The number of amides is 2. The van der Waals surface area contributed by atoms with Crippen molar-refractivity contribution in [3.05, 3.63) is 89.5 Å². The summed E-state index contributed by atoms with van der Waals surface area (Å²) in [6, 6.07) is 19.9. The molecule has 0 spiro atoms. The van der Waals surface area contributed by atoms with Crippen LogP contribution < -0.4 is 14.4 Å². The van der Waals surface area contributed by atoms with Gasteiger partial charge < -0.3 is 15.0 Å². The number of hydrogen-bond acceptors (Lipinski definition) is 5. The Kier molecular flexibility index (Phi) is 10.7. The SMILES string of the molecule is CCCNC(=O)[C@@H](CC)N(Cc1ccccc1C)C(=O)CN(c1ccc(C)cc1)S(=O)(=O)c1ccc(OC)cc1. The summed E-state index contributed by atoms with van der Waals surface area (Å²) in [5.41, 5.74) is 3.17. The van der Waals surface area contributed by atoms with Crippen LogP contribution >= 0.6 is 0 Å². The van der Waals surface area contributed by atoms with Crippen molar-refractivity contribution < 1.29 is 22.7 Å². The summed E-state index contributed by atoms with van der Waals surface area (Å²) in [6.07, 6.45) is 1.14. The average Bonchev–Trinajstić information content (AvgIpc) is 2.96. The molecule has 3 aromatic carbocycles. The number of ether oxygens (including phenoxy) is 1. The van der Waals surface area contributed by atoms with Gasteiger partial charge in [-0.1, -0.05) is 55.8 Å². The van der Waals surface area contributed by atoms with Crippen molar-refractivity contribution in [2.75, 3.05) is 24.5 Å². The first-order chi connectivity index (χ1) is 19.1. The molecule has 2 amide bonds. The molecular weight excluding hydrogens is 526 g/mol. The number of hydrogen-bond donors (Lipinski definition) is 1. The molecule has 3 aromatic rings. The summed E-state index contributed by atoms with van der Waals surface area (Å²) in [5, 5.41) is 2.90. The van der Waals surface area contributed by atoms with Gasteiger partial charge in [-0.05, 0) is 74.2 Å². The Morgan fingerprint density at radius 3 is 2.15 bits per heavy atom. The van der Waals surface area contributed by atoms with E-state index in [0.29, 0.717) is 24.4 Å². The van der Waals surface area contributed by atoms with Gasteiger partial charge in [0.2, 0.25) is 11.8 Å². The van der Waals surface area contributed by atoms with Crippen molar-refractivity contribution in [1.29, 1.82) is 0 Å². The Morgan fingerprint density at radius 2 is 1.57 bits per heavy atom. The van der Waals surface area contributed by atoms with Crippen molar-refractivity contribution in [3.63, 3.8) is 0 Å². The molecule has 0 radical (unpaired) electrons. The third-order valence-corrected chi connectivity index (χ3v) is 8.57. The molecular formula is C31H39N3O5S. The number of rotatable bonds is 13. The van der Waals surface area contributed by atoms with Crippen molar-refractivity contribution >= 4 is 27.5 Å². The molecule has 0 aliphatic carbocycles. The van der Waals surface area contributed by atoms with E-state index in [1.807, 2.05) is 52.0 Å². The highest BCUT2D eigenvalue weighted by Gasteiger charge is 2.33. The normalized spacial score (nSPS) is 11.9. The van der Waals surface area contributed by atoms with Gasteiger partial charge in [-0.2, -0.15) is 0 Å². The minimum atomic E-state index is -4.14. The van der Waals surface area contributed by atoms with E-state index in [0.717, 1.165) is 27.4 Å². The molecule has 0 saturated heterocycles. The van der Waals surface area contributed by atoms with E-state index in [-0.39, 0.29) is 17.3 Å². The topological polar surface area (TPSA) is 96.0 Å². The fourth-order valence-corrected chi connectivity index (χ4v) is 5.79. The Labute approximate surface area is 238 Å². The van der Waals surface area contributed by atoms with E-state index in [1.54, 1.807) is 36.4 Å². The highest BCUT2D eigenvalue weighted by molar-refractivity contribution is 7.92. The molecule has 9 heteroatoms. The fourth-order valence-electron chi connectivity index (χ4n) is 4.37. The van der Waals surface area contributed by atoms with Gasteiger partial charge in [0.05, 0.1) is 17.7 Å². The van der Waals surface area contributed by atoms with E-state index >= 15 is 0 Å². The van der Waals surface area contributed by atoms with Crippen LogP contribution in [0, 0.1) is 13.8 Å². The molecule has 3 rings (SSSR count). The molecule has 0 saturated carbocycles. The third-order valence-electron chi connectivity index (χ3n) is 6.79. The van der Waals surface area contributed by atoms with Crippen LogP contribution in [0.25, 0.3) is 0 Å². The average molecular weight is 566 g/mol. The van der Waals surface area contributed by atoms with Gasteiger partial charge >= 0.3 is 0 Å². The quantitative estimate of drug-likeness (QED) is 0.320. The second kappa shape index (κ2) is 14.0. The molecule has 1 N–H and O–H groups in total. The van der Waals surface area contributed by atoms with E-state index < -0.39 is 28.5 Å². The molecule has 0 unspecified atom stereocenters. The Hall–Kier alpha value is -3.85. The highest BCUT2D eigenvalue weighted by Crippen LogP contribution is 2.26. The summed E-state index contributed by atoms with van der Waals surface area (Å²) >= 11 is 0. The second-order valence-corrected chi connectivity index (χ2v) is 11.5. The van der Waals surface area contributed by atoms with Crippen LogP contribution in [0.4, 0.5) is 5.69 Å². The minimum Gasteiger partial charge on any atom is -0.497 e. The fraction of sp³-hybridized carbons (Fsp3) is 0.355. The lowest BCUT2D eigenvalue weighted by Gasteiger charge is -2.33. The van der Waals surface area contributed by atoms with E-state index in [4.69, 9.17) is 4.74 Å². The third kappa shape index (κ3) is 7.41. The van der Waals surface area contributed by atoms with E-state index in [1.165, 1.54) is 24.1 Å². The molecule has 0 heterocycles. The van der Waals surface area contributed by atoms with Crippen LogP contribution in [-0.4, -0.2) is 51.4 Å². The van der Waals surface area contributed by atoms with Crippen molar-refractivity contribution in [2.24, 2.45) is 0 Å². The number of anilines is 1. The lowest BCUT2D eigenvalue weighted by atomic mass is 10.1. The van der Waals surface area contributed by atoms with Crippen LogP contribution in [0.5, 0.6) is 5.75 Å². The molecule has 8 nitrogen and oxygen atoms in total. The van der Waals surface area contributed by atoms with Crippen LogP contribution in [0.1, 0.15) is 43.4 Å². The smallest absolute Gasteiger partial charge is 0.264 e. The maximum atomic E-state index is 14.1. The first-order valence-electron chi connectivity index (χ1n) is 13.5. The van der Waals surface area contributed by atoms with Gasteiger partial charge in [0, 0.05) is 13.1 Å². The number of nitrogens with zero attached hydrogens (tertiary/aromatic N) is 2. The van der Waals surface area contributed by atoms with E-state index in [9.17, 15) is 18.0 Å². The number of carbonyl (C=O) groups is 2. The second-order valence-electron chi connectivity index (χ2n) is 9.69. The zero-order valence-corrected chi connectivity index (χ0v) is 24.7. The van der Waals surface area contributed by atoms with Gasteiger partial charge in [0.1, 0.15) is 18.3 Å². The van der Waals surface area contributed by atoms with Crippen molar-refractivity contribution in [1.82, 2.24) is 10.2 Å². The van der Waals surface area contributed by atoms with Gasteiger partial charge in [-0.15, -0.1) is 0 Å². The van der Waals surface area contributed by atoms with Crippen LogP contribution in [0.2, 0.25) is 0 Å². The van der Waals surface area contributed by atoms with E-state index in [2.05, 4.69) is 5.32 Å². The predicted octanol–water partition coefficient (Wildman–Crippen LogP) is 4.84. The molecule has 1 atom stereocenters. The van der Waals surface area contributed by atoms with Gasteiger partial charge in [0.25, 0.3) is 10.0 Å². The van der Waals surface area contributed by atoms with Crippen LogP contribution in [-0.2, 0) is 26.2 Å². The minimum absolute atomic E-state index is 0.0276. The summed E-state index contributed by atoms with van der Waals surface area (Å²) in [7, 11) is -2.63. The first kappa shape index (κ1) is 30.7. The maximum Gasteiger partial charge on any atom is 0.264 e. The maximum absolute atomic E-state index is 14.1. The lowest BCUT2D eigenvalue weighted by molar-refractivity contribution is -0.140. The molecule has 40 heavy (non-hydrogen) atoms. The Bertz CT molecular complexity index is 1390. The lowest BCUT2D eigenvalue weighted by Crippen LogP contribution is -2.52. The first-order valence-corrected chi connectivity index (χ1v) is 14.9. The van der Waals surface area contributed by atoms with Crippen molar-refractivity contribution in [3.8, 4) is 5.75 Å². The summed E-state index contributed by atoms with van der Waals surface area (Å²) < 4.78 is 34.2. The molecule has 0 fully saturated rings. The van der Waals surface area contributed by atoms with Crippen LogP contribution in [0.15, 0.2) is 77.7 Å². The predicted molar refractivity (Wildman–Crippen MR) is 158 cm³/mol. The number of benzene rings is 3. The van der Waals surface area contributed by atoms with Gasteiger partial charge in [-0.3, -0.25) is 13.9 Å². The highest BCUT2D eigenvalue weighted by atomic mass is 32.2. The zero-order valence-electron chi connectivity index (χ0n) is 23.9. The largest absolute Gasteiger partial charge is 0.497 e. The summed E-state index contributed by atoms with van der Waals surface area (Å²) in [4.78, 5) is 28.8. The number of carbonyl (C=O) groups excluding carboxylic acids is 2. The standard InChI is InChI=1S/C31H39N3O5S/c1-6-20-32-31(36)29(7-2)33(21-25-11-9-8-10-24(25)4)30(35)22-34(26-14-12-23(3)13-15-26)40(37,38)28-18-16-27(39-5)17-19-28/h8-19,29H,6-7,20-22H2,1-5H3,(H,32,36)/t29-/m1/s1. The summed E-state index contributed by atoms with van der Waals surface area (Å²) in [5.74, 6) is -0.212. The number of sulfonamides is 1. The Morgan fingerprint density at radius 1 is 0.925 bits per heavy atom. The monoisotopic (exact) mass is 565 g/mol. The van der Waals surface area contributed by atoms with Crippen LogP contribution in [0.3, 0.4) is 0 Å². The Balaban J connectivity index is 2.05. The van der Waals surface area contributed by atoms with Crippen molar-refractivity contribution in [2.45, 2.75) is 58.0 Å². The molecule has 0 aliphatic rings. The zero-order chi connectivity index (χ0) is 29.3. The molecule has 0 aromatic heterocycles. The molecule has 214 valence electrons. The molecule has 0 aliphatic heterocycles. The van der Waals surface area contributed by atoms with Gasteiger partial charge in [-0.25, -0.2) is 8.42 Å². The number of aryl methyl sites for hydroxylation is 2. The number of methoxy groups -OCH3 is 1. The number of nitrogens with one attached hydrogen (secondary N) is 1.